The smallest absolute Gasteiger partial charge is 0.122 e. The van der Waals surface area contributed by atoms with Crippen LogP contribution in [0.5, 0.6) is 5.75 Å². The van der Waals surface area contributed by atoms with E-state index in [2.05, 4.69) is 4.98 Å². The molecule has 1 aromatic heterocycles. The van der Waals surface area contributed by atoms with E-state index in [9.17, 15) is 5.11 Å². The van der Waals surface area contributed by atoms with E-state index >= 15 is 0 Å². The number of aliphatic hydroxyl groups is 1. The summed E-state index contributed by atoms with van der Waals surface area (Å²) in [7, 11) is 1.63. The molecule has 0 aliphatic heterocycles. The summed E-state index contributed by atoms with van der Waals surface area (Å²) < 4.78 is 5.25. The lowest BCUT2D eigenvalue weighted by molar-refractivity contribution is 0.172. The van der Waals surface area contributed by atoms with Gasteiger partial charge in [-0.25, -0.2) is 0 Å². The highest BCUT2D eigenvalue weighted by molar-refractivity contribution is 5.34. The fraction of sp³-hybridized carbons (Fsp3) is 0.214. The van der Waals surface area contributed by atoms with Crippen LogP contribution >= 0.6 is 0 Å². The molecule has 2 rings (SSSR count). The highest BCUT2D eigenvalue weighted by Gasteiger charge is 2.12. The maximum absolute atomic E-state index is 10.1. The lowest BCUT2D eigenvalue weighted by Gasteiger charge is -2.12. The molecule has 3 nitrogen and oxygen atoms in total. The second-order valence-electron chi connectivity index (χ2n) is 3.79. The van der Waals surface area contributed by atoms with Crippen LogP contribution in [-0.4, -0.2) is 17.2 Å². The third kappa shape index (κ3) is 2.82. The van der Waals surface area contributed by atoms with E-state index < -0.39 is 6.10 Å². The predicted molar refractivity (Wildman–Crippen MR) is 65.9 cm³/mol. The number of rotatable bonds is 4. The molecule has 0 fully saturated rings. The Morgan fingerprint density at radius 2 is 1.94 bits per heavy atom. The molecule has 0 amide bonds. The van der Waals surface area contributed by atoms with Gasteiger partial charge in [-0.05, 0) is 23.8 Å². The highest BCUT2D eigenvalue weighted by Crippen LogP contribution is 2.23. The van der Waals surface area contributed by atoms with Gasteiger partial charge in [0.1, 0.15) is 11.9 Å². The van der Waals surface area contributed by atoms with Crippen LogP contribution in [0.3, 0.4) is 0 Å². The topological polar surface area (TPSA) is 42.4 Å². The molecule has 0 bridgehead atoms. The van der Waals surface area contributed by atoms with E-state index in [1.165, 1.54) is 0 Å². The molecular formula is C14H15NO2. The molecular weight excluding hydrogens is 214 g/mol. The Balaban J connectivity index is 2.16. The first-order valence-electron chi connectivity index (χ1n) is 5.52. The normalized spacial score (nSPS) is 12.1. The van der Waals surface area contributed by atoms with Crippen molar-refractivity contribution in [2.75, 3.05) is 7.11 Å². The monoisotopic (exact) mass is 229 g/mol. The van der Waals surface area contributed by atoms with Gasteiger partial charge in [0.2, 0.25) is 0 Å². The quantitative estimate of drug-likeness (QED) is 0.875. The molecule has 1 heterocycles. The minimum Gasteiger partial charge on any atom is -0.496 e. The van der Waals surface area contributed by atoms with Crippen molar-refractivity contribution in [3.8, 4) is 5.75 Å². The number of aliphatic hydroxyl groups excluding tert-OH is 1. The van der Waals surface area contributed by atoms with E-state index in [-0.39, 0.29) is 0 Å². The third-order valence-electron chi connectivity index (χ3n) is 2.63. The number of pyridine rings is 1. The lowest BCUT2D eigenvalue weighted by atomic mass is 10.0. The minimum atomic E-state index is -0.604. The Bertz CT molecular complexity index is 471. The summed E-state index contributed by atoms with van der Waals surface area (Å²) >= 11 is 0. The first-order chi connectivity index (χ1) is 8.31. The van der Waals surface area contributed by atoms with E-state index in [1.54, 1.807) is 13.3 Å². The van der Waals surface area contributed by atoms with Crippen LogP contribution in [0, 0.1) is 0 Å². The highest BCUT2D eigenvalue weighted by atomic mass is 16.5. The molecule has 0 aliphatic carbocycles. The minimum absolute atomic E-state index is 0.501. The van der Waals surface area contributed by atoms with Gasteiger partial charge in [-0.2, -0.15) is 0 Å². The van der Waals surface area contributed by atoms with Crippen LogP contribution in [0.4, 0.5) is 0 Å². The summed E-state index contributed by atoms with van der Waals surface area (Å²) in [5.74, 6) is 0.794. The van der Waals surface area contributed by atoms with Gasteiger partial charge >= 0.3 is 0 Å². The van der Waals surface area contributed by atoms with Crippen molar-refractivity contribution >= 4 is 0 Å². The molecule has 0 spiro atoms. The van der Waals surface area contributed by atoms with E-state index in [0.717, 1.165) is 11.3 Å². The van der Waals surface area contributed by atoms with Crippen molar-refractivity contribution in [1.82, 2.24) is 4.98 Å². The summed E-state index contributed by atoms with van der Waals surface area (Å²) in [6.45, 7) is 0. The van der Waals surface area contributed by atoms with Crippen LogP contribution in [0.2, 0.25) is 0 Å². The maximum Gasteiger partial charge on any atom is 0.122 e. The van der Waals surface area contributed by atoms with Gasteiger partial charge in [-0.3, -0.25) is 4.98 Å². The number of hydrogen-bond acceptors (Lipinski definition) is 3. The molecule has 1 N–H and O–H groups in total. The van der Waals surface area contributed by atoms with Gasteiger partial charge in [0.25, 0.3) is 0 Å². The molecule has 17 heavy (non-hydrogen) atoms. The Labute approximate surface area is 101 Å². The summed E-state index contributed by atoms with van der Waals surface area (Å²) in [6, 6.07) is 13.2. The van der Waals surface area contributed by atoms with Crippen molar-refractivity contribution < 1.29 is 9.84 Å². The number of aromatic nitrogens is 1. The van der Waals surface area contributed by atoms with Gasteiger partial charge in [0.05, 0.1) is 12.8 Å². The van der Waals surface area contributed by atoms with Gasteiger partial charge in [-0.1, -0.05) is 24.3 Å². The van der Waals surface area contributed by atoms with Gasteiger partial charge in [-0.15, -0.1) is 0 Å². The molecule has 1 unspecified atom stereocenters. The second kappa shape index (κ2) is 5.46. The Hall–Kier alpha value is -1.87. The average molecular weight is 229 g/mol. The average Bonchev–Trinajstić information content (AvgIpc) is 2.40. The fourth-order valence-corrected chi connectivity index (χ4v) is 1.76. The first kappa shape index (κ1) is 11.6. The van der Waals surface area contributed by atoms with Crippen molar-refractivity contribution in [2.24, 2.45) is 0 Å². The summed E-state index contributed by atoms with van der Waals surface area (Å²) in [5.41, 5.74) is 1.66. The second-order valence-corrected chi connectivity index (χ2v) is 3.79. The Kier molecular flexibility index (Phi) is 3.73. The summed E-state index contributed by atoms with van der Waals surface area (Å²) in [4.78, 5) is 4.14. The van der Waals surface area contributed by atoms with E-state index in [1.807, 2.05) is 42.5 Å². The van der Waals surface area contributed by atoms with Crippen molar-refractivity contribution in [3.05, 3.63) is 59.9 Å². The molecule has 1 aromatic carbocycles. The summed E-state index contributed by atoms with van der Waals surface area (Å²) in [5, 5.41) is 10.1. The third-order valence-corrected chi connectivity index (χ3v) is 2.63. The van der Waals surface area contributed by atoms with Crippen molar-refractivity contribution in [3.63, 3.8) is 0 Å². The molecule has 2 aromatic rings. The largest absolute Gasteiger partial charge is 0.496 e. The maximum atomic E-state index is 10.1. The van der Waals surface area contributed by atoms with Gasteiger partial charge < -0.3 is 9.84 Å². The van der Waals surface area contributed by atoms with Gasteiger partial charge in [0, 0.05) is 12.6 Å². The zero-order valence-electron chi connectivity index (χ0n) is 9.71. The molecule has 0 aliphatic rings. The van der Waals surface area contributed by atoms with E-state index in [4.69, 9.17) is 4.74 Å². The Morgan fingerprint density at radius 1 is 1.18 bits per heavy atom. The van der Waals surface area contributed by atoms with Crippen LogP contribution in [0.15, 0.2) is 48.7 Å². The predicted octanol–water partition coefficient (Wildman–Crippen LogP) is 2.37. The SMILES string of the molecule is COc1ccccc1CC(O)c1ccccn1. The van der Waals surface area contributed by atoms with Crippen LogP contribution in [0.25, 0.3) is 0 Å². The zero-order chi connectivity index (χ0) is 12.1. The molecule has 0 radical (unpaired) electrons. The van der Waals surface area contributed by atoms with Crippen molar-refractivity contribution in [1.29, 1.82) is 0 Å². The fourth-order valence-electron chi connectivity index (χ4n) is 1.76. The number of benzene rings is 1. The number of para-hydroxylation sites is 1. The van der Waals surface area contributed by atoms with Crippen LogP contribution in [0.1, 0.15) is 17.4 Å². The number of methoxy groups -OCH3 is 1. The molecule has 1 atom stereocenters. The zero-order valence-corrected chi connectivity index (χ0v) is 9.71. The number of nitrogens with zero attached hydrogens (tertiary/aromatic N) is 1. The van der Waals surface area contributed by atoms with Gasteiger partial charge in [0.15, 0.2) is 0 Å². The lowest BCUT2D eigenvalue weighted by Crippen LogP contribution is -2.04. The number of ether oxygens (including phenoxy) is 1. The number of hydrogen-bond donors (Lipinski definition) is 1. The molecule has 3 heteroatoms. The molecule has 0 saturated heterocycles. The Morgan fingerprint density at radius 3 is 2.65 bits per heavy atom. The van der Waals surface area contributed by atoms with E-state index in [0.29, 0.717) is 12.1 Å². The first-order valence-corrected chi connectivity index (χ1v) is 5.52. The van der Waals surface area contributed by atoms with Crippen LogP contribution in [-0.2, 0) is 6.42 Å². The van der Waals surface area contributed by atoms with Crippen molar-refractivity contribution in [2.45, 2.75) is 12.5 Å². The standard InChI is InChI=1S/C14H15NO2/c1-17-14-8-3-2-6-11(14)10-13(16)12-7-4-5-9-15-12/h2-9,13,16H,10H2,1H3. The molecule has 0 saturated carbocycles. The molecule has 88 valence electrons. The van der Waals surface area contributed by atoms with Crippen LogP contribution < -0.4 is 4.74 Å². The summed E-state index contributed by atoms with van der Waals surface area (Å²) in [6.07, 6.45) is 1.58.